The number of aryl methyl sites for hydroxylation is 1. The molecular weight excluding hydrogens is 316 g/mol. The molecular formula is C18H20N6O. The van der Waals surface area contributed by atoms with Crippen LogP contribution in [0.2, 0.25) is 0 Å². The van der Waals surface area contributed by atoms with Crippen LogP contribution in [0.5, 0.6) is 6.01 Å². The first kappa shape index (κ1) is 15.8. The minimum atomic E-state index is 0.0836. The van der Waals surface area contributed by atoms with E-state index in [2.05, 4.69) is 30.9 Å². The maximum Gasteiger partial charge on any atom is 0.316 e. The number of fused-ring (bicyclic) bond motifs is 1. The first-order valence-electron chi connectivity index (χ1n) is 8.58. The number of aromatic nitrogens is 4. The van der Waals surface area contributed by atoms with Gasteiger partial charge in [-0.15, -0.1) is 0 Å². The third-order valence-corrected chi connectivity index (χ3v) is 5.33. The monoisotopic (exact) mass is 336 g/mol. The Bertz CT molecular complexity index is 802. The maximum atomic E-state index is 9.05. The predicted molar refractivity (Wildman–Crippen MR) is 91.0 cm³/mol. The fraction of sp³-hybridized carbons (Fsp3) is 0.500. The number of nitriles is 1. The summed E-state index contributed by atoms with van der Waals surface area (Å²) in [7, 11) is 0. The minimum Gasteiger partial charge on any atom is -0.463 e. The van der Waals surface area contributed by atoms with Crippen LogP contribution in [-0.4, -0.2) is 39.6 Å². The summed E-state index contributed by atoms with van der Waals surface area (Å²) in [6.07, 6.45) is 8.72. The van der Waals surface area contributed by atoms with Gasteiger partial charge in [-0.2, -0.15) is 5.26 Å². The van der Waals surface area contributed by atoms with Crippen LogP contribution in [-0.2, 0) is 0 Å². The standard InChI is InChI=1S/C18H20N6O/c1-13-8-21-17(22-9-13)25-12-18-5-2-3-14(18)10-24(11-18)16-20-6-4-15(7-19)23-16/h4,6,8-9,14H,2-3,5,10-12H2,1H3. The second-order valence-corrected chi connectivity index (χ2v) is 7.02. The molecule has 7 nitrogen and oxygen atoms in total. The SMILES string of the molecule is Cc1cnc(OCC23CCCC2CN(c2nccc(C#N)n2)C3)nc1. The zero-order valence-electron chi connectivity index (χ0n) is 14.2. The molecule has 1 saturated heterocycles. The highest BCUT2D eigenvalue weighted by Crippen LogP contribution is 2.49. The number of rotatable bonds is 4. The topological polar surface area (TPSA) is 87.8 Å². The summed E-state index contributed by atoms with van der Waals surface area (Å²) < 4.78 is 5.94. The van der Waals surface area contributed by atoms with Gasteiger partial charge in [0.15, 0.2) is 0 Å². The van der Waals surface area contributed by atoms with Crippen molar-refractivity contribution in [1.29, 1.82) is 5.26 Å². The molecule has 2 atom stereocenters. The fourth-order valence-electron chi connectivity index (χ4n) is 4.03. The molecule has 7 heteroatoms. The summed E-state index contributed by atoms with van der Waals surface area (Å²) in [5.74, 6) is 1.19. The van der Waals surface area contributed by atoms with Gasteiger partial charge in [0.1, 0.15) is 11.8 Å². The van der Waals surface area contributed by atoms with Crippen molar-refractivity contribution in [2.75, 3.05) is 24.6 Å². The Morgan fingerprint density at radius 3 is 3.00 bits per heavy atom. The van der Waals surface area contributed by atoms with Crippen LogP contribution in [0.4, 0.5) is 5.95 Å². The highest BCUT2D eigenvalue weighted by atomic mass is 16.5. The third-order valence-electron chi connectivity index (χ3n) is 5.33. The van der Waals surface area contributed by atoms with Gasteiger partial charge in [-0.05, 0) is 37.3 Å². The van der Waals surface area contributed by atoms with Gasteiger partial charge in [0, 0.05) is 37.1 Å². The molecule has 1 aliphatic heterocycles. The molecule has 25 heavy (non-hydrogen) atoms. The van der Waals surface area contributed by atoms with E-state index >= 15 is 0 Å². The molecule has 0 radical (unpaired) electrons. The Hall–Kier alpha value is -2.75. The van der Waals surface area contributed by atoms with E-state index in [4.69, 9.17) is 10.00 Å². The van der Waals surface area contributed by atoms with Crippen molar-refractivity contribution < 1.29 is 4.74 Å². The summed E-state index contributed by atoms with van der Waals surface area (Å²) in [6, 6.07) is 4.15. The molecule has 0 bridgehead atoms. The van der Waals surface area contributed by atoms with E-state index in [9.17, 15) is 0 Å². The van der Waals surface area contributed by atoms with Crippen molar-refractivity contribution in [3.8, 4) is 12.1 Å². The lowest BCUT2D eigenvalue weighted by Crippen LogP contribution is -2.34. The minimum absolute atomic E-state index is 0.0836. The third kappa shape index (κ3) is 3.00. The summed E-state index contributed by atoms with van der Waals surface area (Å²) >= 11 is 0. The van der Waals surface area contributed by atoms with E-state index in [0.717, 1.165) is 25.1 Å². The Kier molecular flexibility index (Phi) is 3.96. The lowest BCUT2D eigenvalue weighted by Gasteiger charge is -2.28. The lowest BCUT2D eigenvalue weighted by atomic mass is 9.82. The summed E-state index contributed by atoms with van der Waals surface area (Å²) in [5, 5.41) is 9.05. The second-order valence-electron chi connectivity index (χ2n) is 7.02. The molecule has 1 saturated carbocycles. The molecule has 2 unspecified atom stereocenters. The molecule has 0 aromatic carbocycles. The average Bonchev–Trinajstić information content (AvgIpc) is 3.19. The van der Waals surface area contributed by atoms with Crippen molar-refractivity contribution in [2.24, 2.45) is 11.3 Å². The van der Waals surface area contributed by atoms with Gasteiger partial charge in [0.05, 0.1) is 6.61 Å². The lowest BCUT2D eigenvalue weighted by molar-refractivity contribution is 0.130. The van der Waals surface area contributed by atoms with Crippen molar-refractivity contribution in [3.63, 3.8) is 0 Å². The van der Waals surface area contributed by atoms with Crippen molar-refractivity contribution >= 4 is 5.95 Å². The summed E-state index contributed by atoms with van der Waals surface area (Å²) in [4.78, 5) is 19.4. The zero-order valence-corrected chi connectivity index (χ0v) is 14.2. The van der Waals surface area contributed by atoms with Gasteiger partial charge >= 0.3 is 6.01 Å². The van der Waals surface area contributed by atoms with Crippen molar-refractivity contribution in [1.82, 2.24) is 19.9 Å². The first-order valence-corrected chi connectivity index (χ1v) is 8.58. The van der Waals surface area contributed by atoms with Crippen LogP contribution >= 0.6 is 0 Å². The van der Waals surface area contributed by atoms with Crippen LogP contribution in [0.3, 0.4) is 0 Å². The number of anilines is 1. The normalized spacial score (nSPS) is 24.8. The van der Waals surface area contributed by atoms with Gasteiger partial charge in [-0.3, -0.25) is 0 Å². The van der Waals surface area contributed by atoms with Gasteiger partial charge in [-0.1, -0.05) is 6.42 Å². The van der Waals surface area contributed by atoms with Gasteiger partial charge in [0.25, 0.3) is 0 Å². The Morgan fingerprint density at radius 2 is 2.20 bits per heavy atom. The first-order chi connectivity index (χ1) is 12.2. The van der Waals surface area contributed by atoms with E-state index < -0.39 is 0 Å². The van der Waals surface area contributed by atoms with E-state index in [1.54, 1.807) is 24.7 Å². The second kappa shape index (κ2) is 6.28. The van der Waals surface area contributed by atoms with E-state index in [-0.39, 0.29) is 5.41 Å². The zero-order chi connectivity index (χ0) is 17.3. The van der Waals surface area contributed by atoms with Crippen LogP contribution in [0.1, 0.15) is 30.5 Å². The van der Waals surface area contributed by atoms with Crippen LogP contribution in [0.15, 0.2) is 24.7 Å². The molecule has 128 valence electrons. The van der Waals surface area contributed by atoms with Crippen LogP contribution in [0, 0.1) is 29.6 Å². The van der Waals surface area contributed by atoms with Gasteiger partial charge in [0.2, 0.25) is 5.95 Å². The Labute approximate surface area is 146 Å². The molecule has 4 rings (SSSR count). The Morgan fingerprint density at radius 1 is 1.36 bits per heavy atom. The molecule has 0 N–H and O–H groups in total. The molecule has 2 aromatic heterocycles. The van der Waals surface area contributed by atoms with Crippen molar-refractivity contribution in [3.05, 3.63) is 35.9 Å². The highest BCUT2D eigenvalue weighted by Gasteiger charge is 2.50. The molecule has 3 heterocycles. The van der Waals surface area contributed by atoms with Crippen LogP contribution < -0.4 is 9.64 Å². The summed E-state index contributed by atoms with van der Waals surface area (Å²) in [6.45, 7) is 4.32. The molecule has 0 spiro atoms. The maximum absolute atomic E-state index is 9.05. The smallest absolute Gasteiger partial charge is 0.316 e. The predicted octanol–water partition coefficient (Wildman–Crippen LogP) is 2.13. The number of nitrogens with zero attached hydrogens (tertiary/aromatic N) is 6. The largest absolute Gasteiger partial charge is 0.463 e. The molecule has 2 aromatic rings. The number of hydrogen-bond donors (Lipinski definition) is 0. The quantitative estimate of drug-likeness (QED) is 0.845. The van der Waals surface area contributed by atoms with E-state index in [1.807, 2.05) is 6.92 Å². The van der Waals surface area contributed by atoms with Crippen molar-refractivity contribution in [2.45, 2.75) is 26.2 Å². The fourth-order valence-corrected chi connectivity index (χ4v) is 4.03. The van der Waals surface area contributed by atoms with Gasteiger partial charge in [-0.25, -0.2) is 19.9 Å². The molecule has 2 fully saturated rings. The van der Waals surface area contributed by atoms with Crippen LogP contribution in [0.25, 0.3) is 0 Å². The number of hydrogen-bond acceptors (Lipinski definition) is 7. The molecule has 2 aliphatic rings. The highest BCUT2D eigenvalue weighted by molar-refractivity contribution is 5.37. The van der Waals surface area contributed by atoms with E-state index in [1.165, 1.54) is 12.8 Å². The summed E-state index contributed by atoms with van der Waals surface area (Å²) in [5.41, 5.74) is 1.51. The number of ether oxygens (including phenoxy) is 1. The Balaban J connectivity index is 1.50. The van der Waals surface area contributed by atoms with Gasteiger partial charge < -0.3 is 9.64 Å². The molecule has 1 aliphatic carbocycles. The van der Waals surface area contributed by atoms with E-state index in [0.29, 0.717) is 30.2 Å². The molecule has 0 amide bonds. The average molecular weight is 336 g/mol.